The zero-order valence-electron chi connectivity index (χ0n) is 18.7. The van der Waals surface area contributed by atoms with Crippen molar-refractivity contribution in [1.29, 1.82) is 0 Å². The number of rotatable bonds is 6. The second kappa shape index (κ2) is 8.90. The molecule has 2 aromatic heterocycles. The molecule has 9 nitrogen and oxygen atoms in total. The molecule has 2 unspecified atom stereocenters. The predicted octanol–water partition coefficient (Wildman–Crippen LogP) is 2.15. The summed E-state index contributed by atoms with van der Waals surface area (Å²) >= 11 is 1.22. The van der Waals surface area contributed by atoms with Crippen molar-refractivity contribution in [3.05, 3.63) is 62.3 Å². The third-order valence-electron chi connectivity index (χ3n) is 6.33. The topological polar surface area (TPSA) is 107 Å². The average Bonchev–Trinajstić information content (AvgIpc) is 3.47. The molecule has 34 heavy (non-hydrogen) atoms. The molecule has 3 aromatic rings. The van der Waals surface area contributed by atoms with Gasteiger partial charge in [0.1, 0.15) is 10.8 Å². The van der Waals surface area contributed by atoms with Crippen LogP contribution in [0.3, 0.4) is 0 Å². The molecule has 1 fully saturated rings. The molecule has 178 valence electrons. The van der Waals surface area contributed by atoms with Gasteiger partial charge in [0.05, 0.1) is 37.5 Å². The fourth-order valence-corrected chi connectivity index (χ4v) is 5.41. The van der Waals surface area contributed by atoms with Crippen LogP contribution in [0, 0.1) is 12.7 Å². The van der Waals surface area contributed by atoms with E-state index in [4.69, 9.17) is 9.47 Å². The van der Waals surface area contributed by atoms with E-state index in [9.17, 15) is 19.1 Å². The summed E-state index contributed by atoms with van der Waals surface area (Å²) in [5.74, 6) is -1.35. The molecular weight excluding hydrogens is 463 g/mol. The molecule has 1 N–H and O–H groups in total. The molecule has 2 aliphatic rings. The highest BCUT2D eigenvalue weighted by Crippen LogP contribution is 2.36. The number of benzene rings is 1. The van der Waals surface area contributed by atoms with Gasteiger partial charge in [0.2, 0.25) is 5.43 Å². The summed E-state index contributed by atoms with van der Waals surface area (Å²) in [6.07, 6.45) is 2.01. The highest BCUT2D eigenvalue weighted by molar-refractivity contribution is 7.14. The Morgan fingerprint density at radius 2 is 2.06 bits per heavy atom. The van der Waals surface area contributed by atoms with Gasteiger partial charge in [-0.1, -0.05) is 17.4 Å². The molecule has 2 atom stereocenters. The Morgan fingerprint density at radius 3 is 2.82 bits per heavy atom. The van der Waals surface area contributed by atoms with Gasteiger partial charge in [0.25, 0.3) is 5.91 Å². The summed E-state index contributed by atoms with van der Waals surface area (Å²) in [6.45, 7) is 3.20. The van der Waals surface area contributed by atoms with Crippen LogP contribution < -0.4 is 5.43 Å². The van der Waals surface area contributed by atoms with Crippen LogP contribution in [0.5, 0.6) is 5.75 Å². The highest BCUT2D eigenvalue weighted by Gasteiger charge is 2.44. The summed E-state index contributed by atoms with van der Waals surface area (Å²) in [6, 6.07) is 4.08. The van der Waals surface area contributed by atoms with E-state index in [0.717, 1.165) is 11.1 Å². The van der Waals surface area contributed by atoms with Crippen molar-refractivity contribution < 1.29 is 23.8 Å². The Labute approximate surface area is 198 Å². The molecule has 5 rings (SSSR count). The largest absolute Gasteiger partial charge is 0.503 e. The second-order valence-electron chi connectivity index (χ2n) is 8.39. The zero-order chi connectivity index (χ0) is 24.0. The lowest BCUT2D eigenvalue weighted by Crippen LogP contribution is -2.52. The van der Waals surface area contributed by atoms with Gasteiger partial charge in [0, 0.05) is 26.3 Å². The van der Waals surface area contributed by atoms with E-state index in [1.54, 1.807) is 28.8 Å². The zero-order valence-corrected chi connectivity index (χ0v) is 19.5. The van der Waals surface area contributed by atoms with Gasteiger partial charge in [-0.25, -0.2) is 4.39 Å². The van der Waals surface area contributed by atoms with E-state index in [-0.39, 0.29) is 29.2 Å². The Bertz CT molecular complexity index is 1320. The summed E-state index contributed by atoms with van der Waals surface area (Å²) in [4.78, 5) is 27.9. The number of carbonyl (C=O) groups is 1. The van der Waals surface area contributed by atoms with E-state index < -0.39 is 17.1 Å². The average molecular weight is 487 g/mol. The molecule has 4 heterocycles. The molecule has 0 saturated carbocycles. The molecule has 0 radical (unpaired) electrons. The molecule has 1 saturated heterocycles. The lowest BCUT2D eigenvalue weighted by Gasteiger charge is -2.39. The van der Waals surface area contributed by atoms with E-state index >= 15 is 0 Å². The van der Waals surface area contributed by atoms with Gasteiger partial charge in [-0.05, 0) is 30.2 Å². The van der Waals surface area contributed by atoms with Crippen LogP contribution in [-0.4, -0.2) is 70.2 Å². The van der Waals surface area contributed by atoms with Crippen molar-refractivity contribution in [2.75, 3.05) is 33.5 Å². The highest BCUT2D eigenvalue weighted by atomic mass is 32.1. The summed E-state index contributed by atoms with van der Waals surface area (Å²) < 4.78 is 25.8. The van der Waals surface area contributed by atoms with E-state index in [2.05, 4.69) is 10.2 Å². The van der Waals surface area contributed by atoms with Crippen LogP contribution in [-0.2, 0) is 15.9 Å². The first kappa shape index (κ1) is 22.6. The minimum Gasteiger partial charge on any atom is -0.503 e. The van der Waals surface area contributed by atoms with Crippen molar-refractivity contribution in [3.63, 3.8) is 0 Å². The minimum absolute atomic E-state index is 0.0525. The number of aryl methyl sites for hydroxylation is 1. The quantitative estimate of drug-likeness (QED) is 0.569. The van der Waals surface area contributed by atoms with Gasteiger partial charge in [-0.2, -0.15) is 0 Å². The Kier molecular flexibility index (Phi) is 5.92. The number of carbonyl (C=O) groups excluding carboxylic acids is 1. The molecule has 11 heteroatoms. The first-order valence-electron chi connectivity index (χ1n) is 10.8. The van der Waals surface area contributed by atoms with Crippen LogP contribution in [0.15, 0.2) is 29.2 Å². The molecule has 0 bridgehead atoms. The van der Waals surface area contributed by atoms with Crippen molar-refractivity contribution in [1.82, 2.24) is 19.7 Å². The van der Waals surface area contributed by atoms with Crippen molar-refractivity contribution in [2.45, 2.75) is 25.4 Å². The predicted molar refractivity (Wildman–Crippen MR) is 122 cm³/mol. The number of amides is 1. The van der Waals surface area contributed by atoms with Crippen molar-refractivity contribution in [3.8, 4) is 16.3 Å². The van der Waals surface area contributed by atoms with Crippen molar-refractivity contribution in [2.24, 2.45) is 0 Å². The van der Waals surface area contributed by atoms with Gasteiger partial charge in [-0.3, -0.25) is 9.59 Å². The first-order chi connectivity index (χ1) is 16.4. The molecule has 1 aromatic carbocycles. The lowest BCUT2D eigenvalue weighted by molar-refractivity contribution is 0.0473. The number of halogens is 1. The molecule has 2 aliphatic heterocycles. The van der Waals surface area contributed by atoms with Crippen LogP contribution in [0.1, 0.15) is 32.7 Å². The maximum Gasteiger partial charge on any atom is 0.274 e. The fourth-order valence-electron chi connectivity index (χ4n) is 4.54. The SMILES string of the molecule is COCCN1C(=O)c2c(O)c(=O)c(-c3nnc(Cc4ccc(F)cc4C)s3)cn2C2COCC21. The summed E-state index contributed by atoms with van der Waals surface area (Å²) in [7, 11) is 1.55. The number of pyridine rings is 1. The molecule has 0 spiro atoms. The number of aromatic nitrogens is 3. The first-order valence-corrected chi connectivity index (χ1v) is 11.6. The van der Waals surface area contributed by atoms with Crippen molar-refractivity contribution >= 4 is 17.2 Å². The lowest BCUT2D eigenvalue weighted by atomic mass is 10.0. The maximum atomic E-state index is 13.4. The van der Waals surface area contributed by atoms with Crippen LogP contribution in [0.2, 0.25) is 0 Å². The minimum atomic E-state index is -0.677. The van der Waals surface area contributed by atoms with Crippen LogP contribution in [0.4, 0.5) is 4.39 Å². The number of aromatic hydroxyl groups is 1. The van der Waals surface area contributed by atoms with Crippen LogP contribution >= 0.6 is 11.3 Å². The Balaban J connectivity index is 1.52. The molecular formula is C23H23FN4O5S. The maximum absolute atomic E-state index is 13.4. The third-order valence-corrected chi connectivity index (χ3v) is 7.29. The van der Waals surface area contributed by atoms with Gasteiger partial charge in [0.15, 0.2) is 16.5 Å². The number of methoxy groups -OCH3 is 1. The number of hydrogen-bond donors (Lipinski definition) is 1. The van der Waals surface area contributed by atoms with Gasteiger partial charge >= 0.3 is 0 Å². The van der Waals surface area contributed by atoms with E-state index in [1.807, 2.05) is 6.92 Å². The Morgan fingerprint density at radius 1 is 1.26 bits per heavy atom. The van der Waals surface area contributed by atoms with E-state index in [0.29, 0.717) is 42.8 Å². The second-order valence-corrected chi connectivity index (χ2v) is 9.45. The third kappa shape index (κ3) is 3.79. The molecule has 1 amide bonds. The number of ether oxygens (including phenoxy) is 2. The van der Waals surface area contributed by atoms with Crippen LogP contribution in [0.25, 0.3) is 10.6 Å². The number of fused-ring (bicyclic) bond motifs is 3. The fraction of sp³-hybridized carbons (Fsp3) is 0.391. The monoisotopic (exact) mass is 486 g/mol. The number of hydrogen-bond acceptors (Lipinski definition) is 8. The smallest absolute Gasteiger partial charge is 0.274 e. The van der Waals surface area contributed by atoms with Gasteiger partial charge in [-0.15, -0.1) is 10.2 Å². The number of nitrogens with zero attached hydrogens (tertiary/aromatic N) is 4. The van der Waals surface area contributed by atoms with Gasteiger partial charge < -0.3 is 24.0 Å². The standard InChI is InChI=1S/C23H23FN4O5S/c1-12-7-14(24)4-3-13(12)8-18-25-26-22(34-18)15-9-28-17-11-33-10-16(17)27(5-6-32-2)23(31)19(28)21(30)20(15)29/h3-4,7,9,16-17,30H,5-6,8,10-11H2,1-2H3. The summed E-state index contributed by atoms with van der Waals surface area (Å²) in [5.41, 5.74) is 1.14. The molecule has 0 aliphatic carbocycles. The normalized spacial score (nSPS) is 19.4. The Hall–Kier alpha value is -3.15. The summed E-state index contributed by atoms with van der Waals surface area (Å²) in [5, 5.41) is 20.1. The van der Waals surface area contributed by atoms with E-state index in [1.165, 1.54) is 23.5 Å².